The monoisotopic (exact) mass is 419 g/mol. The van der Waals surface area contributed by atoms with Gasteiger partial charge in [0, 0.05) is 19.6 Å². The van der Waals surface area contributed by atoms with Crippen molar-refractivity contribution in [3.8, 4) is 0 Å². The molecule has 0 amide bonds. The lowest BCUT2D eigenvalue weighted by molar-refractivity contribution is -0.135. The molecule has 0 saturated carbocycles. The van der Waals surface area contributed by atoms with E-state index in [1.807, 2.05) is 43.3 Å². The number of carbonyl (C=O) groups excluding carboxylic acids is 2. The van der Waals surface area contributed by atoms with Gasteiger partial charge < -0.3 is 9.47 Å². The lowest BCUT2D eigenvalue weighted by Gasteiger charge is -2.23. The number of hydrogen-bond acceptors (Lipinski definition) is 5. The van der Waals surface area contributed by atoms with Crippen molar-refractivity contribution in [3.05, 3.63) is 107 Å². The van der Waals surface area contributed by atoms with Gasteiger partial charge in [-0.1, -0.05) is 66.8 Å². The molecule has 0 radical (unpaired) electrons. The third kappa shape index (κ3) is 7.72. The standard InChI is InChI=1S/C26H29NO4/c1-5-23(25(28)30-3)14-11-20(2)17-27(18-21-9-7-6-8-10-21)19-22-12-15-24(16-13-22)26(29)31-4/h5-16H,1,17-19H2,2-4H3/b20-11+,23-14+. The van der Waals surface area contributed by atoms with Crippen molar-refractivity contribution >= 4 is 11.9 Å². The first-order valence-electron chi connectivity index (χ1n) is 9.98. The highest BCUT2D eigenvalue weighted by Gasteiger charge is 2.10. The second-order valence-electron chi connectivity index (χ2n) is 7.15. The average Bonchev–Trinajstić information content (AvgIpc) is 2.79. The summed E-state index contributed by atoms with van der Waals surface area (Å²) in [5.74, 6) is -0.757. The first-order valence-corrected chi connectivity index (χ1v) is 9.98. The summed E-state index contributed by atoms with van der Waals surface area (Å²) in [5, 5.41) is 0. The fourth-order valence-electron chi connectivity index (χ4n) is 3.11. The molecule has 31 heavy (non-hydrogen) atoms. The highest BCUT2D eigenvalue weighted by molar-refractivity contribution is 5.91. The number of hydrogen-bond donors (Lipinski definition) is 0. The maximum absolute atomic E-state index is 11.7. The van der Waals surface area contributed by atoms with Crippen LogP contribution >= 0.6 is 0 Å². The molecular weight excluding hydrogens is 390 g/mol. The van der Waals surface area contributed by atoms with Crippen LogP contribution in [-0.4, -0.2) is 37.6 Å². The number of nitrogens with zero attached hydrogens (tertiary/aromatic N) is 1. The lowest BCUT2D eigenvalue weighted by Crippen LogP contribution is -2.24. The molecule has 5 heteroatoms. The van der Waals surface area contributed by atoms with Crippen LogP contribution in [0.2, 0.25) is 0 Å². The van der Waals surface area contributed by atoms with Crippen LogP contribution in [0.5, 0.6) is 0 Å². The van der Waals surface area contributed by atoms with Crippen LogP contribution in [0.1, 0.15) is 28.4 Å². The zero-order valence-electron chi connectivity index (χ0n) is 18.3. The molecule has 162 valence electrons. The Bertz CT molecular complexity index is 943. The zero-order valence-corrected chi connectivity index (χ0v) is 18.3. The Hall–Kier alpha value is -3.44. The molecule has 0 bridgehead atoms. The van der Waals surface area contributed by atoms with Gasteiger partial charge in [-0.2, -0.15) is 0 Å². The molecule has 0 saturated heterocycles. The van der Waals surface area contributed by atoms with Crippen molar-refractivity contribution in [2.24, 2.45) is 0 Å². The fraction of sp³-hybridized carbons (Fsp3) is 0.231. The van der Waals surface area contributed by atoms with Crippen molar-refractivity contribution in [1.29, 1.82) is 0 Å². The Labute approximate surface area is 184 Å². The second-order valence-corrected chi connectivity index (χ2v) is 7.15. The number of carbonyl (C=O) groups is 2. The number of methoxy groups -OCH3 is 2. The molecule has 0 spiro atoms. The summed E-state index contributed by atoms with van der Waals surface area (Å²) in [5.41, 5.74) is 4.33. The van der Waals surface area contributed by atoms with Crippen LogP contribution in [0.25, 0.3) is 0 Å². The molecular formula is C26H29NO4. The predicted octanol–water partition coefficient (Wildman–Crippen LogP) is 4.71. The minimum atomic E-state index is -0.411. The SMILES string of the molecule is C=C/C(=C\C=C(/C)CN(Cc1ccccc1)Cc1ccc(C(=O)OC)cc1)C(=O)OC. The molecule has 0 fully saturated rings. The van der Waals surface area contributed by atoms with E-state index in [2.05, 4.69) is 23.6 Å². The topological polar surface area (TPSA) is 55.8 Å². The van der Waals surface area contributed by atoms with E-state index in [9.17, 15) is 9.59 Å². The molecule has 2 aromatic carbocycles. The molecule has 0 N–H and O–H groups in total. The van der Waals surface area contributed by atoms with Gasteiger partial charge in [0.25, 0.3) is 0 Å². The molecule has 0 aliphatic rings. The summed E-state index contributed by atoms with van der Waals surface area (Å²) < 4.78 is 9.53. The van der Waals surface area contributed by atoms with E-state index in [0.29, 0.717) is 24.2 Å². The van der Waals surface area contributed by atoms with Gasteiger partial charge in [-0.15, -0.1) is 0 Å². The number of allylic oxidation sites excluding steroid dienone is 2. The molecule has 5 nitrogen and oxygen atoms in total. The summed E-state index contributed by atoms with van der Waals surface area (Å²) >= 11 is 0. The Morgan fingerprint density at radius 2 is 1.52 bits per heavy atom. The van der Waals surface area contributed by atoms with Crippen molar-refractivity contribution in [2.45, 2.75) is 20.0 Å². The summed E-state index contributed by atoms with van der Waals surface area (Å²) in [6.45, 7) is 7.86. The molecule has 2 aromatic rings. The minimum absolute atomic E-state index is 0.345. The van der Waals surface area contributed by atoms with Crippen molar-refractivity contribution in [3.63, 3.8) is 0 Å². The smallest absolute Gasteiger partial charge is 0.337 e. The third-order valence-electron chi connectivity index (χ3n) is 4.69. The largest absolute Gasteiger partial charge is 0.465 e. The summed E-state index contributed by atoms with van der Waals surface area (Å²) in [4.78, 5) is 25.7. The summed E-state index contributed by atoms with van der Waals surface area (Å²) in [6.07, 6.45) is 5.12. The van der Waals surface area contributed by atoms with E-state index in [1.165, 1.54) is 25.9 Å². The van der Waals surface area contributed by atoms with Crippen LogP contribution < -0.4 is 0 Å². The van der Waals surface area contributed by atoms with Crippen molar-refractivity contribution in [1.82, 2.24) is 4.90 Å². The van der Waals surface area contributed by atoms with Crippen LogP contribution in [0.15, 0.2) is 90.6 Å². The van der Waals surface area contributed by atoms with Gasteiger partial charge in [0.15, 0.2) is 0 Å². The van der Waals surface area contributed by atoms with Crippen LogP contribution in [0.4, 0.5) is 0 Å². The van der Waals surface area contributed by atoms with E-state index >= 15 is 0 Å². The first kappa shape index (κ1) is 23.8. The van der Waals surface area contributed by atoms with Gasteiger partial charge in [-0.05, 0) is 36.3 Å². The average molecular weight is 420 g/mol. The molecule has 0 aliphatic carbocycles. The normalized spacial score (nSPS) is 11.9. The summed E-state index contributed by atoms with van der Waals surface area (Å²) in [6, 6.07) is 17.7. The quantitative estimate of drug-likeness (QED) is 0.317. The van der Waals surface area contributed by atoms with Gasteiger partial charge in [-0.25, -0.2) is 9.59 Å². The van der Waals surface area contributed by atoms with Crippen molar-refractivity contribution in [2.75, 3.05) is 20.8 Å². The van der Waals surface area contributed by atoms with E-state index in [0.717, 1.165) is 17.7 Å². The van der Waals surface area contributed by atoms with Gasteiger partial charge >= 0.3 is 11.9 Å². The maximum atomic E-state index is 11.7. The Morgan fingerprint density at radius 1 is 0.903 bits per heavy atom. The van der Waals surface area contributed by atoms with Gasteiger partial charge in [0.05, 0.1) is 25.4 Å². The number of benzene rings is 2. The van der Waals surface area contributed by atoms with Crippen LogP contribution in [-0.2, 0) is 27.4 Å². The maximum Gasteiger partial charge on any atom is 0.337 e. The third-order valence-corrected chi connectivity index (χ3v) is 4.69. The van der Waals surface area contributed by atoms with E-state index in [-0.39, 0.29) is 5.97 Å². The van der Waals surface area contributed by atoms with Gasteiger partial charge in [0.2, 0.25) is 0 Å². The number of ether oxygens (including phenoxy) is 2. The van der Waals surface area contributed by atoms with Crippen LogP contribution in [0.3, 0.4) is 0 Å². The number of esters is 2. The summed E-state index contributed by atoms with van der Waals surface area (Å²) in [7, 11) is 2.72. The van der Waals surface area contributed by atoms with Crippen molar-refractivity contribution < 1.29 is 19.1 Å². The molecule has 0 aromatic heterocycles. The lowest BCUT2D eigenvalue weighted by atomic mass is 10.1. The highest BCUT2D eigenvalue weighted by Crippen LogP contribution is 2.14. The molecule has 0 unspecified atom stereocenters. The second kappa shape index (κ2) is 12.3. The van der Waals surface area contributed by atoms with Crippen LogP contribution in [0, 0.1) is 0 Å². The highest BCUT2D eigenvalue weighted by atomic mass is 16.5. The van der Waals surface area contributed by atoms with E-state index in [1.54, 1.807) is 18.2 Å². The Morgan fingerprint density at radius 3 is 2.06 bits per heavy atom. The molecule has 0 aliphatic heterocycles. The van der Waals surface area contributed by atoms with E-state index in [4.69, 9.17) is 9.47 Å². The fourth-order valence-corrected chi connectivity index (χ4v) is 3.11. The predicted molar refractivity (Wildman–Crippen MR) is 122 cm³/mol. The van der Waals surface area contributed by atoms with E-state index < -0.39 is 5.97 Å². The van der Waals surface area contributed by atoms with Gasteiger partial charge in [0.1, 0.15) is 0 Å². The first-order chi connectivity index (χ1) is 15.0. The molecule has 0 atom stereocenters. The minimum Gasteiger partial charge on any atom is -0.465 e. The Kier molecular flexibility index (Phi) is 9.46. The van der Waals surface area contributed by atoms with Gasteiger partial charge in [-0.3, -0.25) is 4.90 Å². The number of rotatable bonds is 10. The molecule has 2 rings (SSSR count). The zero-order chi connectivity index (χ0) is 22.6. The molecule has 0 heterocycles. The Balaban J connectivity index is 2.19.